The zero-order chi connectivity index (χ0) is 20.4. The van der Waals surface area contributed by atoms with Gasteiger partial charge >= 0.3 is 13.8 Å². The minimum Gasteiger partial charge on any atom is -0.457 e. The van der Waals surface area contributed by atoms with Crippen LogP contribution in [0, 0.1) is 11.8 Å². The van der Waals surface area contributed by atoms with Crippen LogP contribution < -0.4 is 0 Å². The molecule has 1 fully saturated rings. The lowest BCUT2D eigenvalue weighted by Gasteiger charge is -2.46. The Morgan fingerprint density at radius 1 is 1.37 bits per heavy atom. The van der Waals surface area contributed by atoms with Crippen LogP contribution >= 0.6 is 7.82 Å². The van der Waals surface area contributed by atoms with Crippen molar-refractivity contribution in [2.75, 3.05) is 19.8 Å². The van der Waals surface area contributed by atoms with E-state index >= 15 is 0 Å². The Hall–Kier alpha value is -1.67. The third-order valence-corrected chi connectivity index (χ3v) is 5.99. The van der Waals surface area contributed by atoms with Gasteiger partial charge in [-0.1, -0.05) is 19.6 Å². The molecule has 9 nitrogen and oxygen atoms in total. The molecule has 0 aromatic rings. The fourth-order valence-electron chi connectivity index (χ4n) is 3.36. The highest BCUT2D eigenvalue weighted by molar-refractivity contribution is 7.48. The van der Waals surface area contributed by atoms with Crippen molar-refractivity contribution in [2.45, 2.75) is 39.8 Å². The van der Waals surface area contributed by atoms with Crippen LogP contribution in [0.5, 0.6) is 0 Å². The molecule has 2 aliphatic rings. The number of ether oxygens (including phenoxy) is 1. The Bertz CT molecular complexity index is 678. The number of aliphatic hydroxyl groups is 1. The van der Waals surface area contributed by atoms with E-state index < -0.39 is 43.7 Å². The highest BCUT2D eigenvalue weighted by Crippen LogP contribution is 2.57. The van der Waals surface area contributed by atoms with Crippen LogP contribution in [-0.4, -0.2) is 53.8 Å². The Labute approximate surface area is 158 Å². The number of esters is 1. The molecule has 0 bridgehead atoms. The Morgan fingerprint density at radius 2 is 1.96 bits per heavy atom. The lowest BCUT2D eigenvalue weighted by molar-refractivity contribution is -0.164. The first-order chi connectivity index (χ1) is 12.7. The van der Waals surface area contributed by atoms with Gasteiger partial charge in [0, 0.05) is 5.92 Å². The van der Waals surface area contributed by atoms with Gasteiger partial charge in [0.25, 0.3) is 0 Å². The molecule has 2 heterocycles. The number of hydrogen-bond donors (Lipinski definition) is 1. The predicted octanol–water partition coefficient (Wildman–Crippen LogP) is 1.98. The lowest BCUT2D eigenvalue weighted by Crippen LogP contribution is -2.63. The first-order valence-electron chi connectivity index (χ1n) is 8.84. The van der Waals surface area contributed by atoms with Crippen molar-refractivity contribution in [3.05, 3.63) is 24.1 Å². The second kappa shape index (κ2) is 8.56. The van der Waals surface area contributed by atoms with Crippen LogP contribution in [0.25, 0.3) is 0 Å². The van der Waals surface area contributed by atoms with Crippen LogP contribution in [0.4, 0.5) is 0 Å². The van der Waals surface area contributed by atoms with Crippen molar-refractivity contribution in [1.29, 1.82) is 0 Å². The van der Waals surface area contributed by atoms with Gasteiger partial charge in [-0.15, -0.1) is 0 Å². The number of phosphoric ester groups is 1. The maximum Gasteiger partial charge on any atom is 0.529 e. The van der Waals surface area contributed by atoms with Crippen LogP contribution in [0.1, 0.15) is 27.7 Å². The van der Waals surface area contributed by atoms with Gasteiger partial charge in [0.05, 0.1) is 31.3 Å². The van der Waals surface area contributed by atoms with Gasteiger partial charge in [-0.2, -0.15) is 0 Å². The number of fused-ring (bicyclic) bond motifs is 1. The molecule has 10 heteroatoms. The monoisotopic (exact) mass is 403 g/mol. The number of nitrogens with zero attached hydrogens (tertiary/aromatic N) is 1. The minimum atomic E-state index is -3.98. The first kappa shape index (κ1) is 21.6. The van der Waals surface area contributed by atoms with E-state index in [4.69, 9.17) is 18.3 Å². The molecule has 0 unspecified atom stereocenters. The second-order valence-electron chi connectivity index (χ2n) is 6.23. The van der Waals surface area contributed by atoms with Crippen molar-refractivity contribution >= 4 is 19.7 Å². The van der Waals surface area contributed by atoms with Gasteiger partial charge in [0.1, 0.15) is 12.4 Å². The van der Waals surface area contributed by atoms with Gasteiger partial charge in [-0.25, -0.2) is 9.36 Å². The number of phosphoric acid groups is 1. The van der Waals surface area contributed by atoms with E-state index in [1.54, 1.807) is 20.8 Å². The van der Waals surface area contributed by atoms with Crippen LogP contribution in [0.3, 0.4) is 0 Å². The van der Waals surface area contributed by atoms with E-state index in [0.29, 0.717) is 0 Å². The summed E-state index contributed by atoms with van der Waals surface area (Å²) in [5, 5.41) is 9.92. The minimum absolute atomic E-state index is 0.00389. The van der Waals surface area contributed by atoms with E-state index in [0.717, 1.165) is 0 Å². The smallest absolute Gasteiger partial charge is 0.457 e. The summed E-state index contributed by atoms with van der Waals surface area (Å²) in [5.74, 6) is -2.44. The third kappa shape index (κ3) is 3.96. The fraction of sp³-hybridized carbons (Fsp3) is 0.647. The molecule has 152 valence electrons. The second-order valence-corrected chi connectivity index (χ2v) is 7.82. The van der Waals surface area contributed by atoms with Crippen molar-refractivity contribution in [3.8, 4) is 0 Å². The largest absolute Gasteiger partial charge is 0.529 e. The zero-order valence-electron chi connectivity index (χ0n) is 15.9. The fourth-order valence-corrected chi connectivity index (χ4v) is 4.67. The van der Waals surface area contributed by atoms with Crippen LogP contribution in [-0.2, 0) is 32.5 Å². The Kier molecular flexibility index (Phi) is 6.86. The van der Waals surface area contributed by atoms with E-state index in [1.807, 2.05) is 0 Å². The maximum atomic E-state index is 12.8. The summed E-state index contributed by atoms with van der Waals surface area (Å²) in [6.45, 7) is 10.0. The van der Waals surface area contributed by atoms with Crippen LogP contribution in [0.15, 0.2) is 24.1 Å². The average molecular weight is 403 g/mol. The highest BCUT2D eigenvalue weighted by atomic mass is 31.2. The molecule has 0 aliphatic carbocycles. The molecule has 27 heavy (non-hydrogen) atoms. The summed E-state index contributed by atoms with van der Waals surface area (Å²) in [7, 11) is -3.98. The molecule has 1 saturated heterocycles. The quantitative estimate of drug-likeness (QED) is 0.255. The molecular weight excluding hydrogens is 377 g/mol. The Morgan fingerprint density at radius 3 is 2.44 bits per heavy atom. The maximum absolute atomic E-state index is 12.8. The molecule has 0 radical (unpaired) electrons. The molecule has 4 atom stereocenters. The topological polar surface area (TPSA) is 112 Å². The van der Waals surface area contributed by atoms with Gasteiger partial charge in [-0.3, -0.25) is 18.7 Å². The SMILES string of the molecule is C=CCOC(=O)C1=C(OP(=O)(OCC)OCC)[C@H](C)[C@@H]2[C@@H]([C@@H](C)O)C(=O)N12. The number of carbonyl (C=O) groups excluding carboxylic acids is 2. The summed E-state index contributed by atoms with van der Waals surface area (Å²) in [5.41, 5.74) is -0.143. The number of rotatable bonds is 10. The van der Waals surface area contributed by atoms with E-state index in [9.17, 15) is 19.3 Å². The van der Waals surface area contributed by atoms with Crippen molar-refractivity contribution in [3.63, 3.8) is 0 Å². The molecule has 1 N–H and O–H groups in total. The third-order valence-electron chi connectivity index (χ3n) is 4.42. The van der Waals surface area contributed by atoms with E-state index in [-0.39, 0.29) is 31.3 Å². The summed E-state index contributed by atoms with van der Waals surface area (Å²) < 4.78 is 33.7. The summed E-state index contributed by atoms with van der Waals surface area (Å²) in [6.07, 6.45) is 0.480. The molecule has 2 aliphatic heterocycles. The van der Waals surface area contributed by atoms with E-state index in [1.165, 1.54) is 17.9 Å². The molecule has 0 spiro atoms. The zero-order valence-corrected chi connectivity index (χ0v) is 16.8. The summed E-state index contributed by atoms with van der Waals surface area (Å²) in [4.78, 5) is 26.3. The van der Waals surface area contributed by atoms with Crippen molar-refractivity contribution in [2.24, 2.45) is 11.8 Å². The number of aliphatic hydroxyl groups excluding tert-OH is 1. The molecule has 2 rings (SSSR count). The molecular formula is C17H26NO8P. The number of hydrogen-bond acceptors (Lipinski definition) is 8. The Balaban J connectivity index is 2.43. The van der Waals surface area contributed by atoms with Gasteiger partial charge in [0.2, 0.25) is 5.91 Å². The van der Waals surface area contributed by atoms with Gasteiger partial charge in [0.15, 0.2) is 5.70 Å². The molecule has 1 amide bonds. The summed E-state index contributed by atoms with van der Waals surface area (Å²) >= 11 is 0. The number of β-lactam (4-membered cyclic amide) rings is 1. The summed E-state index contributed by atoms with van der Waals surface area (Å²) in [6, 6.07) is -0.504. The molecule has 0 aromatic carbocycles. The normalized spacial score (nSPS) is 25.7. The predicted molar refractivity (Wildman–Crippen MR) is 95.1 cm³/mol. The highest BCUT2D eigenvalue weighted by Gasteiger charge is 2.61. The van der Waals surface area contributed by atoms with Crippen LogP contribution in [0.2, 0.25) is 0 Å². The van der Waals surface area contributed by atoms with Crippen molar-refractivity contribution in [1.82, 2.24) is 4.90 Å². The lowest BCUT2D eigenvalue weighted by atomic mass is 9.79. The number of carbonyl (C=O) groups is 2. The molecule has 0 aromatic heterocycles. The molecule has 0 saturated carbocycles. The van der Waals surface area contributed by atoms with E-state index in [2.05, 4.69) is 6.58 Å². The number of amides is 1. The standard InChI is InChI=1S/C17H26NO8P/c1-6-9-23-17(21)14-15(26-27(22,24-7-2)25-8-3)10(4)13-12(11(5)19)16(20)18(13)14/h6,10-13,19H,1,7-9H2,2-5H3/t10-,11-,12-,13-/m1/s1. The van der Waals surface area contributed by atoms with Gasteiger partial charge in [-0.05, 0) is 20.8 Å². The van der Waals surface area contributed by atoms with Crippen molar-refractivity contribution < 1.29 is 37.6 Å². The van der Waals surface area contributed by atoms with Gasteiger partial charge < -0.3 is 14.4 Å². The average Bonchev–Trinajstić information content (AvgIpc) is 2.82. The first-order valence-corrected chi connectivity index (χ1v) is 10.3.